The van der Waals surface area contributed by atoms with E-state index in [0.717, 1.165) is 5.70 Å². The predicted molar refractivity (Wildman–Crippen MR) is 75.9 cm³/mol. The van der Waals surface area contributed by atoms with Crippen LogP contribution in [0.5, 0.6) is 0 Å². The monoisotopic (exact) mass is 241 g/mol. The minimum atomic E-state index is -0.119. The maximum absolute atomic E-state index is 8.94. The van der Waals surface area contributed by atoms with Crippen molar-refractivity contribution in [2.24, 2.45) is 0 Å². The average Bonchev–Trinajstić information content (AvgIpc) is 2.51. The lowest BCUT2D eigenvalue weighted by Crippen LogP contribution is -2.22. The zero-order chi connectivity index (χ0) is 13.5. The van der Waals surface area contributed by atoms with Crippen molar-refractivity contribution in [2.45, 2.75) is 19.3 Å². The van der Waals surface area contributed by atoms with E-state index in [9.17, 15) is 0 Å². The molecule has 0 radical (unpaired) electrons. The van der Waals surface area contributed by atoms with Gasteiger partial charge in [0.1, 0.15) is 0 Å². The van der Waals surface area contributed by atoms with Crippen molar-refractivity contribution in [3.63, 3.8) is 0 Å². The molecule has 0 aliphatic carbocycles. The van der Waals surface area contributed by atoms with Crippen LogP contribution >= 0.6 is 0 Å². The van der Waals surface area contributed by atoms with Crippen molar-refractivity contribution in [3.8, 4) is 6.07 Å². The molecule has 0 unspecified atom stereocenters. The fourth-order valence-corrected chi connectivity index (χ4v) is 2.62. The van der Waals surface area contributed by atoms with Gasteiger partial charge in [0.15, 0.2) is 0 Å². The molecule has 0 bridgehead atoms. The van der Waals surface area contributed by atoms with E-state index in [1.54, 1.807) is 6.08 Å². The molecule has 94 valence electrons. The van der Waals surface area contributed by atoms with Crippen LogP contribution in [0.3, 0.4) is 0 Å². The number of nitriles is 1. The highest BCUT2D eigenvalue weighted by atomic mass is 15.2. The molecule has 0 saturated heterocycles. The van der Waals surface area contributed by atoms with Gasteiger partial charge in [0, 0.05) is 49.7 Å². The van der Waals surface area contributed by atoms with Gasteiger partial charge in [-0.3, -0.25) is 0 Å². The summed E-state index contributed by atoms with van der Waals surface area (Å²) in [5.74, 6) is 0. The Bertz CT molecular complexity index is 547. The van der Waals surface area contributed by atoms with Gasteiger partial charge in [-0.25, -0.2) is 0 Å². The topological polar surface area (TPSA) is 30.3 Å². The summed E-state index contributed by atoms with van der Waals surface area (Å²) in [6.45, 7) is 4.33. The van der Waals surface area contributed by atoms with Gasteiger partial charge < -0.3 is 9.80 Å². The van der Waals surface area contributed by atoms with Crippen molar-refractivity contribution < 1.29 is 0 Å². The lowest BCUT2D eigenvalue weighted by molar-refractivity contribution is 0.640. The summed E-state index contributed by atoms with van der Waals surface area (Å²) < 4.78 is 0. The van der Waals surface area contributed by atoms with Gasteiger partial charge in [-0.1, -0.05) is 13.8 Å². The lowest BCUT2D eigenvalue weighted by Gasteiger charge is -2.23. The molecule has 1 aliphatic heterocycles. The molecule has 1 heterocycles. The van der Waals surface area contributed by atoms with E-state index >= 15 is 0 Å². The minimum Gasteiger partial charge on any atom is -0.378 e. The Balaban J connectivity index is 2.63. The summed E-state index contributed by atoms with van der Waals surface area (Å²) in [5.41, 5.74) is 4.58. The Morgan fingerprint density at radius 2 is 2.00 bits per heavy atom. The third-order valence-electron chi connectivity index (χ3n) is 3.73. The van der Waals surface area contributed by atoms with Gasteiger partial charge >= 0.3 is 0 Å². The molecule has 3 nitrogen and oxygen atoms in total. The van der Waals surface area contributed by atoms with Gasteiger partial charge in [0.25, 0.3) is 0 Å². The molecule has 2 rings (SSSR count). The van der Waals surface area contributed by atoms with Crippen molar-refractivity contribution >= 4 is 11.4 Å². The van der Waals surface area contributed by atoms with E-state index in [1.807, 2.05) is 21.1 Å². The Labute approximate surface area is 109 Å². The smallest absolute Gasteiger partial charge is 0.0930 e. The van der Waals surface area contributed by atoms with Crippen LogP contribution in [-0.2, 0) is 5.41 Å². The molecule has 1 aromatic rings. The fourth-order valence-electron chi connectivity index (χ4n) is 2.62. The second-order valence-electron chi connectivity index (χ2n) is 5.44. The summed E-state index contributed by atoms with van der Waals surface area (Å²) in [4.78, 5) is 4.21. The van der Waals surface area contributed by atoms with Crippen LogP contribution in [0.25, 0.3) is 0 Å². The number of anilines is 2. The maximum atomic E-state index is 8.94. The number of rotatable bonds is 1. The zero-order valence-corrected chi connectivity index (χ0v) is 11.7. The molecule has 0 aromatic heterocycles. The second kappa shape index (κ2) is 4.06. The normalized spacial score (nSPS) is 18.7. The minimum absolute atomic E-state index is 0.119. The molecular formula is C15H19N3. The summed E-state index contributed by atoms with van der Waals surface area (Å²) in [7, 11) is 6.10. The number of fused-ring (bicyclic) bond motifs is 1. The van der Waals surface area contributed by atoms with Gasteiger partial charge in [-0.15, -0.1) is 0 Å². The first-order valence-corrected chi connectivity index (χ1v) is 6.05. The quantitative estimate of drug-likeness (QED) is 0.708. The summed E-state index contributed by atoms with van der Waals surface area (Å²) in [6.07, 6.45) is 1.65. The van der Waals surface area contributed by atoms with Gasteiger partial charge in [-0.05, 0) is 23.8 Å². The molecule has 1 aromatic carbocycles. The highest BCUT2D eigenvalue weighted by Gasteiger charge is 2.38. The van der Waals surface area contributed by atoms with E-state index in [2.05, 4.69) is 47.9 Å². The molecule has 0 amide bonds. The Morgan fingerprint density at radius 3 is 2.56 bits per heavy atom. The fraction of sp³-hybridized carbons (Fsp3) is 0.400. The van der Waals surface area contributed by atoms with Crippen LogP contribution in [0, 0.1) is 11.3 Å². The third kappa shape index (κ3) is 1.65. The van der Waals surface area contributed by atoms with Crippen LogP contribution < -0.4 is 9.80 Å². The van der Waals surface area contributed by atoms with Gasteiger partial charge in [-0.2, -0.15) is 5.26 Å². The van der Waals surface area contributed by atoms with Crippen LogP contribution in [-0.4, -0.2) is 21.1 Å². The molecule has 0 atom stereocenters. The van der Waals surface area contributed by atoms with Crippen LogP contribution in [0.15, 0.2) is 30.0 Å². The average molecular weight is 241 g/mol. The maximum Gasteiger partial charge on any atom is 0.0930 e. The van der Waals surface area contributed by atoms with Crippen molar-refractivity contribution in [2.75, 3.05) is 30.9 Å². The second-order valence-corrected chi connectivity index (χ2v) is 5.44. The van der Waals surface area contributed by atoms with Gasteiger partial charge in [0.2, 0.25) is 0 Å². The summed E-state index contributed by atoms with van der Waals surface area (Å²) >= 11 is 0. The van der Waals surface area contributed by atoms with Gasteiger partial charge in [0.05, 0.1) is 6.07 Å². The molecule has 0 saturated carbocycles. The largest absolute Gasteiger partial charge is 0.378 e. The van der Waals surface area contributed by atoms with Crippen molar-refractivity contribution in [1.82, 2.24) is 0 Å². The first-order chi connectivity index (χ1) is 8.39. The number of allylic oxidation sites excluding steroid dienone is 2. The SMILES string of the molecule is CN(C)c1ccc2c(c1)C(C)(C)C(=CC#N)N2C. The molecular weight excluding hydrogens is 222 g/mol. The number of hydrogen-bond acceptors (Lipinski definition) is 3. The lowest BCUT2D eigenvalue weighted by atomic mass is 9.83. The Morgan fingerprint density at radius 1 is 1.33 bits per heavy atom. The molecule has 3 heteroatoms. The Hall–Kier alpha value is -1.95. The molecule has 1 aliphatic rings. The van der Waals surface area contributed by atoms with Crippen molar-refractivity contribution in [3.05, 3.63) is 35.5 Å². The molecule has 18 heavy (non-hydrogen) atoms. The summed E-state index contributed by atoms with van der Waals surface area (Å²) in [6, 6.07) is 8.61. The van der Waals surface area contributed by atoms with E-state index in [1.165, 1.54) is 16.9 Å². The standard InChI is InChI=1S/C15H19N3/c1-15(2)12-10-11(17(3)4)6-7-13(12)18(5)14(15)8-9-16/h6-8,10H,1-5H3. The number of likely N-dealkylation sites (N-methyl/N-ethyl adjacent to an activating group) is 1. The molecule has 0 N–H and O–H groups in total. The number of hydrogen-bond donors (Lipinski definition) is 0. The third-order valence-corrected chi connectivity index (χ3v) is 3.73. The number of nitrogens with zero attached hydrogens (tertiary/aromatic N) is 3. The van der Waals surface area contributed by atoms with E-state index in [0.29, 0.717) is 0 Å². The highest BCUT2D eigenvalue weighted by molar-refractivity contribution is 5.73. The van der Waals surface area contributed by atoms with E-state index in [4.69, 9.17) is 5.26 Å². The van der Waals surface area contributed by atoms with E-state index < -0.39 is 0 Å². The first-order valence-electron chi connectivity index (χ1n) is 6.05. The van der Waals surface area contributed by atoms with Crippen LogP contribution in [0.1, 0.15) is 19.4 Å². The zero-order valence-electron chi connectivity index (χ0n) is 11.7. The number of benzene rings is 1. The highest BCUT2D eigenvalue weighted by Crippen LogP contribution is 2.47. The van der Waals surface area contributed by atoms with Crippen molar-refractivity contribution in [1.29, 1.82) is 5.26 Å². The molecule has 0 spiro atoms. The van der Waals surface area contributed by atoms with E-state index in [-0.39, 0.29) is 5.41 Å². The van der Waals surface area contributed by atoms with Crippen LogP contribution in [0.2, 0.25) is 0 Å². The predicted octanol–water partition coefficient (Wildman–Crippen LogP) is 2.89. The Kier molecular flexibility index (Phi) is 2.82. The first kappa shape index (κ1) is 12.5. The van der Waals surface area contributed by atoms with Crippen LogP contribution in [0.4, 0.5) is 11.4 Å². The summed E-state index contributed by atoms with van der Waals surface area (Å²) in [5, 5.41) is 8.94. The molecule has 0 fully saturated rings.